The van der Waals surface area contributed by atoms with E-state index in [0.717, 1.165) is 29.1 Å². The summed E-state index contributed by atoms with van der Waals surface area (Å²) < 4.78 is 2.14. The molecule has 3 aromatic rings. The molecule has 0 radical (unpaired) electrons. The molecule has 0 spiro atoms. The number of imidazole rings is 1. The number of amides is 1. The van der Waals surface area contributed by atoms with Crippen LogP contribution in [-0.2, 0) is 13.6 Å². The van der Waals surface area contributed by atoms with E-state index in [0.29, 0.717) is 18.7 Å². The average Bonchev–Trinajstić information content (AvgIpc) is 2.91. The SMILES string of the molecule is CN(C)Cc1ccc(C(=O)N2CC(c3nc4ccccc4n3C)C2)cn1. The van der Waals surface area contributed by atoms with Crippen LogP contribution in [0, 0.1) is 0 Å². The number of aromatic nitrogens is 3. The predicted molar refractivity (Wildman–Crippen MR) is 101 cm³/mol. The van der Waals surface area contributed by atoms with Crippen molar-refractivity contribution in [2.45, 2.75) is 12.5 Å². The molecule has 3 heterocycles. The summed E-state index contributed by atoms with van der Waals surface area (Å²) in [6.07, 6.45) is 1.68. The second kappa shape index (κ2) is 6.53. The van der Waals surface area contributed by atoms with Crippen LogP contribution in [0.1, 0.15) is 27.8 Å². The van der Waals surface area contributed by atoms with Crippen molar-refractivity contribution in [3.63, 3.8) is 0 Å². The zero-order chi connectivity index (χ0) is 18.3. The molecule has 6 nitrogen and oxygen atoms in total. The number of pyridine rings is 1. The first-order valence-electron chi connectivity index (χ1n) is 8.83. The number of hydrogen-bond acceptors (Lipinski definition) is 4. The van der Waals surface area contributed by atoms with Gasteiger partial charge in [0, 0.05) is 32.9 Å². The van der Waals surface area contributed by atoms with Crippen LogP contribution in [0.3, 0.4) is 0 Å². The molecule has 0 saturated carbocycles. The number of para-hydroxylation sites is 2. The number of aryl methyl sites for hydroxylation is 1. The topological polar surface area (TPSA) is 54.3 Å². The number of carbonyl (C=O) groups is 1. The third kappa shape index (κ3) is 2.97. The molecule has 4 rings (SSSR count). The number of nitrogens with zero attached hydrogens (tertiary/aromatic N) is 5. The lowest BCUT2D eigenvalue weighted by Gasteiger charge is -2.38. The molecule has 0 unspecified atom stereocenters. The molecule has 6 heteroatoms. The highest BCUT2D eigenvalue weighted by atomic mass is 16.2. The van der Waals surface area contributed by atoms with Crippen molar-refractivity contribution >= 4 is 16.9 Å². The van der Waals surface area contributed by atoms with Gasteiger partial charge in [0.1, 0.15) is 5.82 Å². The van der Waals surface area contributed by atoms with E-state index >= 15 is 0 Å². The quantitative estimate of drug-likeness (QED) is 0.725. The lowest BCUT2D eigenvalue weighted by Crippen LogP contribution is -2.49. The highest BCUT2D eigenvalue weighted by Crippen LogP contribution is 2.29. The lowest BCUT2D eigenvalue weighted by molar-refractivity contribution is 0.0592. The fourth-order valence-electron chi connectivity index (χ4n) is 3.49. The van der Waals surface area contributed by atoms with E-state index in [-0.39, 0.29) is 11.8 Å². The van der Waals surface area contributed by atoms with Crippen LogP contribution in [0.5, 0.6) is 0 Å². The molecule has 0 aliphatic carbocycles. The first-order chi connectivity index (χ1) is 12.5. The molecule has 0 N–H and O–H groups in total. The Labute approximate surface area is 153 Å². The maximum Gasteiger partial charge on any atom is 0.255 e. The summed E-state index contributed by atoms with van der Waals surface area (Å²) in [5.74, 6) is 1.39. The van der Waals surface area contributed by atoms with Crippen molar-refractivity contribution in [3.05, 3.63) is 59.7 Å². The minimum Gasteiger partial charge on any atom is -0.337 e. The second-order valence-corrected chi connectivity index (χ2v) is 7.20. The van der Waals surface area contributed by atoms with Gasteiger partial charge in [-0.05, 0) is 38.4 Å². The highest BCUT2D eigenvalue weighted by molar-refractivity contribution is 5.94. The molecule has 26 heavy (non-hydrogen) atoms. The maximum atomic E-state index is 12.6. The van der Waals surface area contributed by atoms with E-state index in [1.54, 1.807) is 6.20 Å². The van der Waals surface area contributed by atoms with Crippen LogP contribution in [0.15, 0.2) is 42.6 Å². The highest BCUT2D eigenvalue weighted by Gasteiger charge is 2.35. The van der Waals surface area contributed by atoms with Crippen molar-refractivity contribution in [1.82, 2.24) is 24.3 Å². The molecule has 0 bridgehead atoms. The molecule has 1 amide bonds. The van der Waals surface area contributed by atoms with Crippen molar-refractivity contribution in [2.75, 3.05) is 27.2 Å². The molecular formula is C20H23N5O. The van der Waals surface area contributed by atoms with Gasteiger partial charge in [0.15, 0.2) is 0 Å². The van der Waals surface area contributed by atoms with E-state index in [4.69, 9.17) is 4.98 Å². The van der Waals surface area contributed by atoms with Crippen molar-refractivity contribution in [2.24, 2.45) is 7.05 Å². The summed E-state index contributed by atoms with van der Waals surface area (Å²) in [6, 6.07) is 11.9. The first-order valence-corrected chi connectivity index (χ1v) is 8.83. The van der Waals surface area contributed by atoms with Crippen molar-refractivity contribution < 1.29 is 4.79 Å². The molecule has 1 aliphatic rings. The van der Waals surface area contributed by atoms with Crippen LogP contribution < -0.4 is 0 Å². The van der Waals surface area contributed by atoms with Crippen molar-refractivity contribution in [1.29, 1.82) is 0 Å². The number of hydrogen-bond donors (Lipinski definition) is 0. The molecule has 1 fully saturated rings. The maximum absolute atomic E-state index is 12.6. The van der Waals surface area contributed by atoms with Crippen LogP contribution in [0.2, 0.25) is 0 Å². The minimum absolute atomic E-state index is 0.0453. The summed E-state index contributed by atoms with van der Waals surface area (Å²) in [5.41, 5.74) is 3.76. The van der Waals surface area contributed by atoms with Crippen LogP contribution in [0.4, 0.5) is 0 Å². The smallest absolute Gasteiger partial charge is 0.255 e. The van der Waals surface area contributed by atoms with E-state index in [1.807, 2.05) is 56.4 Å². The Balaban J connectivity index is 1.43. The summed E-state index contributed by atoms with van der Waals surface area (Å²) in [7, 11) is 6.05. The van der Waals surface area contributed by atoms with Crippen molar-refractivity contribution in [3.8, 4) is 0 Å². The van der Waals surface area contributed by atoms with Gasteiger partial charge in [-0.25, -0.2) is 4.98 Å². The van der Waals surface area contributed by atoms with Gasteiger partial charge in [0.05, 0.1) is 28.2 Å². The van der Waals surface area contributed by atoms with E-state index in [9.17, 15) is 4.79 Å². The number of fused-ring (bicyclic) bond motifs is 1. The molecule has 0 atom stereocenters. The standard InChI is InChI=1S/C20H23N5O/c1-23(2)13-16-9-8-14(10-21-16)20(26)25-11-15(12-25)19-22-17-6-4-5-7-18(17)24(19)3/h4-10,15H,11-13H2,1-3H3. The number of carbonyl (C=O) groups excluding carboxylic acids is 1. The van der Waals surface area contributed by atoms with Crippen LogP contribution in [-0.4, -0.2) is 57.4 Å². The summed E-state index contributed by atoms with van der Waals surface area (Å²) in [4.78, 5) is 25.7. The third-order valence-electron chi connectivity index (χ3n) is 4.91. The van der Waals surface area contributed by atoms with Gasteiger partial charge >= 0.3 is 0 Å². The molecular weight excluding hydrogens is 326 g/mol. The van der Waals surface area contributed by atoms with E-state index in [1.165, 1.54) is 0 Å². The Morgan fingerprint density at radius 1 is 1.19 bits per heavy atom. The van der Waals surface area contributed by atoms with Gasteiger partial charge in [0.2, 0.25) is 0 Å². The third-order valence-corrected chi connectivity index (χ3v) is 4.91. The summed E-state index contributed by atoms with van der Waals surface area (Å²) in [5, 5.41) is 0. The summed E-state index contributed by atoms with van der Waals surface area (Å²) in [6.45, 7) is 2.18. The molecule has 134 valence electrons. The normalized spacial score (nSPS) is 14.8. The Hall–Kier alpha value is -2.73. The van der Waals surface area contributed by atoms with Gasteiger partial charge in [-0.15, -0.1) is 0 Å². The van der Waals surface area contributed by atoms with Gasteiger partial charge in [0.25, 0.3) is 5.91 Å². The van der Waals surface area contributed by atoms with Gasteiger partial charge in [-0.3, -0.25) is 9.78 Å². The zero-order valence-corrected chi connectivity index (χ0v) is 15.4. The largest absolute Gasteiger partial charge is 0.337 e. The molecule has 1 aromatic carbocycles. The van der Waals surface area contributed by atoms with Crippen LogP contribution >= 0.6 is 0 Å². The minimum atomic E-state index is 0.0453. The van der Waals surface area contributed by atoms with Gasteiger partial charge in [-0.2, -0.15) is 0 Å². The van der Waals surface area contributed by atoms with Gasteiger partial charge in [-0.1, -0.05) is 12.1 Å². The molecule has 1 aliphatic heterocycles. The number of benzene rings is 1. The fourth-order valence-corrected chi connectivity index (χ4v) is 3.49. The fraction of sp³-hybridized carbons (Fsp3) is 0.350. The Bertz CT molecular complexity index is 938. The van der Waals surface area contributed by atoms with Gasteiger partial charge < -0.3 is 14.4 Å². The predicted octanol–water partition coefficient (Wildman–Crippen LogP) is 2.27. The lowest BCUT2D eigenvalue weighted by atomic mass is 9.98. The molecule has 1 saturated heterocycles. The summed E-state index contributed by atoms with van der Waals surface area (Å²) >= 11 is 0. The Morgan fingerprint density at radius 2 is 1.96 bits per heavy atom. The molecule has 2 aromatic heterocycles. The average molecular weight is 349 g/mol. The van der Waals surface area contributed by atoms with E-state index < -0.39 is 0 Å². The monoisotopic (exact) mass is 349 g/mol. The number of rotatable bonds is 4. The Morgan fingerprint density at radius 3 is 2.62 bits per heavy atom. The Kier molecular flexibility index (Phi) is 4.20. The van der Waals surface area contributed by atoms with Crippen LogP contribution in [0.25, 0.3) is 11.0 Å². The zero-order valence-electron chi connectivity index (χ0n) is 15.4. The second-order valence-electron chi connectivity index (χ2n) is 7.20. The number of likely N-dealkylation sites (tertiary alicyclic amines) is 1. The van der Waals surface area contributed by atoms with E-state index in [2.05, 4.69) is 20.5 Å². The first kappa shape index (κ1) is 16.7.